The van der Waals surface area contributed by atoms with Gasteiger partial charge in [-0.05, 0) is 43.5 Å². The molecular weight excluding hydrogens is 352 g/mol. The van der Waals surface area contributed by atoms with Gasteiger partial charge in [0.25, 0.3) is 0 Å². The summed E-state index contributed by atoms with van der Waals surface area (Å²) in [6.07, 6.45) is 6.58. The molecule has 0 saturated heterocycles. The molecule has 2 rings (SSSR count). The van der Waals surface area contributed by atoms with Gasteiger partial charge in [-0.15, -0.1) is 0 Å². The lowest BCUT2D eigenvalue weighted by Crippen LogP contribution is -2.22. The first-order chi connectivity index (χ1) is 13.5. The van der Waals surface area contributed by atoms with Gasteiger partial charge in [-0.1, -0.05) is 31.9 Å². The van der Waals surface area contributed by atoms with Crippen molar-refractivity contribution in [2.45, 2.75) is 46.1 Å². The van der Waals surface area contributed by atoms with E-state index in [1.807, 2.05) is 19.1 Å². The van der Waals surface area contributed by atoms with Gasteiger partial charge in [-0.2, -0.15) is 0 Å². The fraction of sp³-hybridized carbons (Fsp3) is 0.455. The van der Waals surface area contributed by atoms with Gasteiger partial charge in [0.05, 0.1) is 36.0 Å². The Labute approximate surface area is 167 Å². The average molecular weight is 385 g/mol. The molecule has 0 spiro atoms. The Balaban J connectivity index is 2.18. The van der Waals surface area contributed by atoms with Crippen LogP contribution in [0, 0.1) is 12.3 Å². The molecule has 1 aliphatic rings. The van der Waals surface area contributed by atoms with Crippen LogP contribution in [0.25, 0.3) is 0 Å². The minimum absolute atomic E-state index is 0.114. The number of aryl methyl sites for hydroxylation is 1. The second kappa shape index (κ2) is 10.8. The molecule has 1 unspecified atom stereocenters. The normalized spacial score (nSPS) is 16.7. The van der Waals surface area contributed by atoms with Crippen molar-refractivity contribution in [3.8, 4) is 0 Å². The predicted molar refractivity (Wildman–Crippen MR) is 115 cm³/mol. The maximum Gasteiger partial charge on any atom is 0.144 e. The first kappa shape index (κ1) is 21.9. The minimum Gasteiger partial charge on any atom is -0.491 e. The molecule has 152 valence electrons. The summed E-state index contributed by atoms with van der Waals surface area (Å²) < 4.78 is 5.79. The zero-order valence-corrected chi connectivity index (χ0v) is 17.1. The van der Waals surface area contributed by atoms with Crippen molar-refractivity contribution in [1.82, 2.24) is 5.32 Å². The number of nitrogens with one attached hydrogen (secondary N) is 2. The van der Waals surface area contributed by atoms with E-state index in [0.717, 1.165) is 36.1 Å². The summed E-state index contributed by atoms with van der Waals surface area (Å²) in [6.45, 7) is 7.50. The van der Waals surface area contributed by atoms with Crippen molar-refractivity contribution in [2.24, 2.45) is 10.7 Å². The van der Waals surface area contributed by atoms with E-state index >= 15 is 0 Å². The smallest absolute Gasteiger partial charge is 0.144 e. The molecule has 0 fully saturated rings. The fourth-order valence-electron chi connectivity index (χ4n) is 2.94. The van der Waals surface area contributed by atoms with Crippen molar-refractivity contribution < 1.29 is 9.84 Å². The Bertz CT molecular complexity index is 781. The van der Waals surface area contributed by atoms with Crippen LogP contribution in [-0.2, 0) is 4.74 Å². The molecule has 6 nitrogen and oxygen atoms in total. The van der Waals surface area contributed by atoms with Crippen LogP contribution >= 0.6 is 0 Å². The van der Waals surface area contributed by atoms with E-state index in [2.05, 4.69) is 30.2 Å². The molecule has 0 aromatic heterocycles. The topological polar surface area (TPSA) is 104 Å². The second-order valence-electron chi connectivity index (χ2n) is 7.02. The van der Waals surface area contributed by atoms with Gasteiger partial charge < -0.3 is 20.9 Å². The van der Waals surface area contributed by atoms with E-state index in [-0.39, 0.29) is 18.4 Å². The SMILES string of the molecule is CCCCCOC1=CC(=Nc2ccc(C(C)NCCO)cc2C)C(=N)C=C1N. The zero-order chi connectivity index (χ0) is 20.5. The van der Waals surface area contributed by atoms with Crippen molar-refractivity contribution >= 4 is 17.1 Å². The van der Waals surface area contributed by atoms with Crippen LogP contribution in [0.4, 0.5) is 5.69 Å². The van der Waals surface area contributed by atoms with Crippen molar-refractivity contribution in [3.63, 3.8) is 0 Å². The third-order valence-electron chi connectivity index (χ3n) is 4.66. The number of allylic oxidation sites excluding steroid dienone is 2. The van der Waals surface area contributed by atoms with Gasteiger partial charge in [-0.25, -0.2) is 4.99 Å². The summed E-state index contributed by atoms with van der Waals surface area (Å²) in [4.78, 5) is 4.67. The Morgan fingerprint density at radius 1 is 1.29 bits per heavy atom. The highest BCUT2D eigenvalue weighted by atomic mass is 16.5. The second-order valence-corrected chi connectivity index (χ2v) is 7.02. The Kier molecular flexibility index (Phi) is 8.42. The first-order valence-corrected chi connectivity index (χ1v) is 9.90. The van der Waals surface area contributed by atoms with Crippen LogP contribution in [0.5, 0.6) is 0 Å². The van der Waals surface area contributed by atoms with Gasteiger partial charge in [0, 0.05) is 18.7 Å². The van der Waals surface area contributed by atoms with Crippen LogP contribution in [0.1, 0.15) is 50.3 Å². The van der Waals surface area contributed by atoms with Crippen molar-refractivity contribution in [2.75, 3.05) is 19.8 Å². The van der Waals surface area contributed by atoms with Crippen LogP contribution < -0.4 is 11.1 Å². The standard InChI is InChI=1S/C22H32N4O2/c1-4-5-6-11-28-22-14-21(18(23)13-19(22)24)26-20-8-7-17(12-15(20)2)16(3)25-9-10-27/h7-8,12-14,16,23,25,27H,4-6,9-11,24H2,1-3H3. The molecule has 0 radical (unpaired) electrons. The molecule has 5 N–H and O–H groups in total. The van der Waals surface area contributed by atoms with E-state index in [4.69, 9.17) is 21.0 Å². The van der Waals surface area contributed by atoms with Gasteiger partial charge >= 0.3 is 0 Å². The highest BCUT2D eigenvalue weighted by molar-refractivity contribution is 6.50. The number of benzene rings is 1. The largest absolute Gasteiger partial charge is 0.491 e. The lowest BCUT2D eigenvalue weighted by atomic mass is 10.0. The molecule has 1 aliphatic carbocycles. The van der Waals surface area contributed by atoms with E-state index in [0.29, 0.717) is 30.3 Å². The molecule has 0 bridgehead atoms. The highest BCUT2D eigenvalue weighted by Gasteiger charge is 2.16. The quantitative estimate of drug-likeness (QED) is 0.365. The minimum atomic E-state index is 0.114. The molecule has 0 heterocycles. The van der Waals surface area contributed by atoms with Crippen molar-refractivity contribution in [3.05, 3.63) is 52.9 Å². The molecule has 0 aliphatic heterocycles. The maximum atomic E-state index is 8.96. The Hall–Kier alpha value is -2.44. The average Bonchev–Trinajstić information content (AvgIpc) is 2.67. The van der Waals surface area contributed by atoms with E-state index < -0.39 is 0 Å². The fourth-order valence-corrected chi connectivity index (χ4v) is 2.94. The summed E-state index contributed by atoms with van der Waals surface area (Å²) in [7, 11) is 0. The molecule has 1 atom stereocenters. The van der Waals surface area contributed by atoms with Gasteiger partial charge in [0.15, 0.2) is 0 Å². The Morgan fingerprint density at radius 2 is 2.07 bits per heavy atom. The molecule has 1 aromatic rings. The zero-order valence-electron chi connectivity index (χ0n) is 17.1. The molecular formula is C22H32N4O2. The predicted octanol–water partition coefficient (Wildman–Crippen LogP) is 3.68. The third kappa shape index (κ3) is 6.04. The summed E-state index contributed by atoms with van der Waals surface area (Å²) in [5.74, 6) is 0.585. The molecule has 28 heavy (non-hydrogen) atoms. The van der Waals surface area contributed by atoms with Crippen LogP contribution in [-0.4, -0.2) is 36.3 Å². The van der Waals surface area contributed by atoms with Crippen LogP contribution in [0.3, 0.4) is 0 Å². The van der Waals surface area contributed by atoms with Gasteiger partial charge in [-0.3, -0.25) is 5.41 Å². The summed E-state index contributed by atoms with van der Waals surface area (Å²) in [5.41, 5.74) is 10.3. The van der Waals surface area contributed by atoms with E-state index in [1.54, 1.807) is 12.2 Å². The molecule has 0 saturated carbocycles. The Morgan fingerprint density at radius 3 is 2.75 bits per heavy atom. The lowest BCUT2D eigenvalue weighted by Gasteiger charge is -2.17. The number of rotatable bonds is 10. The number of nitrogens with two attached hydrogens (primary N) is 1. The molecule has 0 amide bonds. The van der Waals surface area contributed by atoms with E-state index in [1.165, 1.54) is 0 Å². The summed E-state index contributed by atoms with van der Waals surface area (Å²) in [5, 5.41) is 20.4. The number of hydrogen-bond donors (Lipinski definition) is 4. The summed E-state index contributed by atoms with van der Waals surface area (Å²) in [6, 6.07) is 6.20. The number of ether oxygens (including phenoxy) is 1. The van der Waals surface area contributed by atoms with Crippen LogP contribution in [0.2, 0.25) is 0 Å². The van der Waals surface area contributed by atoms with Gasteiger partial charge in [0.1, 0.15) is 5.76 Å². The summed E-state index contributed by atoms with van der Waals surface area (Å²) >= 11 is 0. The first-order valence-electron chi connectivity index (χ1n) is 9.90. The number of hydrogen-bond acceptors (Lipinski definition) is 6. The van der Waals surface area contributed by atoms with E-state index in [9.17, 15) is 0 Å². The monoisotopic (exact) mass is 384 g/mol. The third-order valence-corrected chi connectivity index (χ3v) is 4.66. The number of aliphatic hydroxyl groups is 1. The lowest BCUT2D eigenvalue weighted by molar-refractivity contribution is 0.213. The number of unbranched alkanes of at least 4 members (excludes halogenated alkanes) is 2. The highest BCUT2D eigenvalue weighted by Crippen LogP contribution is 2.25. The number of nitrogens with zero attached hydrogens (tertiary/aromatic N) is 1. The van der Waals surface area contributed by atoms with Crippen LogP contribution in [0.15, 0.2) is 46.8 Å². The molecule has 1 aromatic carbocycles. The maximum absolute atomic E-state index is 8.96. The number of aliphatic hydroxyl groups excluding tert-OH is 1. The van der Waals surface area contributed by atoms with Gasteiger partial charge in [0.2, 0.25) is 0 Å². The van der Waals surface area contributed by atoms with Crippen molar-refractivity contribution in [1.29, 1.82) is 5.41 Å². The molecule has 6 heteroatoms. The number of aliphatic imine (C=N–C) groups is 1.